The fraction of sp³-hybridized carbons (Fsp3) is 0.450. The summed E-state index contributed by atoms with van der Waals surface area (Å²) in [5, 5.41) is 4.38. The molecular weight excluding hydrogens is 358 g/mol. The third-order valence-electron chi connectivity index (χ3n) is 5.18. The van der Waals surface area contributed by atoms with Gasteiger partial charge in [0.05, 0.1) is 18.8 Å². The van der Waals surface area contributed by atoms with Gasteiger partial charge in [0.1, 0.15) is 5.69 Å². The summed E-state index contributed by atoms with van der Waals surface area (Å²) in [6.07, 6.45) is 1.11. The first-order valence-electron chi connectivity index (χ1n) is 9.44. The van der Waals surface area contributed by atoms with Crippen molar-refractivity contribution in [3.8, 4) is 0 Å². The van der Waals surface area contributed by atoms with Crippen LogP contribution >= 0.6 is 0 Å². The van der Waals surface area contributed by atoms with E-state index in [-0.39, 0.29) is 23.5 Å². The predicted molar refractivity (Wildman–Crippen MR) is 105 cm³/mol. The van der Waals surface area contributed by atoms with E-state index in [1.54, 1.807) is 0 Å². The summed E-state index contributed by atoms with van der Waals surface area (Å²) in [7, 11) is 2.04. The summed E-state index contributed by atoms with van der Waals surface area (Å²) >= 11 is 0. The van der Waals surface area contributed by atoms with Crippen molar-refractivity contribution in [3.05, 3.63) is 52.8 Å². The van der Waals surface area contributed by atoms with Crippen molar-refractivity contribution in [1.29, 1.82) is 0 Å². The number of aromatic nitrogens is 2. The number of nitrogens with two attached hydrogens (primary N) is 2. The smallest absolute Gasteiger partial charge is 0.269 e. The van der Waals surface area contributed by atoms with E-state index in [4.69, 9.17) is 16.2 Å². The van der Waals surface area contributed by atoms with Crippen LogP contribution in [0.25, 0.3) is 0 Å². The molecule has 1 saturated heterocycles. The van der Waals surface area contributed by atoms with E-state index in [0.717, 1.165) is 18.7 Å². The lowest BCUT2D eigenvalue weighted by Gasteiger charge is -2.30. The van der Waals surface area contributed by atoms with Crippen LogP contribution in [0.5, 0.6) is 0 Å². The molecule has 28 heavy (non-hydrogen) atoms. The molecule has 0 bridgehead atoms. The van der Waals surface area contributed by atoms with Gasteiger partial charge in [-0.1, -0.05) is 30.3 Å². The number of rotatable bonds is 7. The minimum Gasteiger partial charge on any atom is -0.376 e. The molecule has 8 heteroatoms. The zero-order valence-corrected chi connectivity index (χ0v) is 16.3. The fourth-order valence-electron chi connectivity index (χ4n) is 3.66. The maximum atomic E-state index is 12.3. The van der Waals surface area contributed by atoms with Crippen molar-refractivity contribution in [1.82, 2.24) is 14.7 Å². The van der Waals surface area contributed by atoms with Crippen molar-refractivity contribution in [3.63, 3.8) is 0 Å². The highest BCUT2D eigenvalue weighted by Crippen LogP contribution is 2.25. The van der Waals surface area contributed by atoms with E-state index < -0.39 is 11.8 Å². The quantitative estimate of drug-likeness (QED) is 0.736. The number of ether oxygens (including phenoxy) is 1. The van der Waals surface area contributed by atoms with E-state index in [1.807, 2.05) is 44.3 Å². The molecule has 2 heterocycles. The monoisotopic (exact) mass is 385 g/mol. The highest BCUT2D eigenvalue weighted by molar-refractivity contribution is 5.99. The van der Waals surface area contributed by atoms with Gasteiger partial charge in [0.15, 0.2) is 5.69 Å². The lowest BCUT2D eigenvalue weighted by molar-refractivity contribution is -0.0229. The van der Waals surface area contributed by atoms with E-state index in [2.05, 4.69) is 10.00 Å². The molecule has 1 aromatic heterocycles. The number of likely N-dealkylation sites (N-methyl/N-ethyl adjacent to an activating group) is 1. The minimum absolute atomic E-state index is 0.0232. The average Bonchev–Trinajstić information content (AvgIpc) is 3.06. The summed E-state index contributed by atoms with van der Waals surface area (Å²) in [4.78, 5) is 26.5. The number of carbonyl (C=O) groups is 2. The van der Waals surface area contributed by atoms with E-state index in [0.29, 0.717) is 25.0 Å². The van der Waals surface area contributed by atoms with Crippen molar-refractivity contribution in [2.75, 3.05) is 26.7 Å². The third-order valence-corrected chi connectivity index (χ3v) is 5.18. The second-order valence-corrected chi connectivity index (χ2v) is 7.23. The summed E-state index contributed by atoms with van der Waals surface area (Å²) in [5.74, 6) is -1.29. The molecule has 1 fully saturated rings. The Morgan fingerprint density at radius 3 is 2.57 bits per heavy atom. The minimum atomic E-state index is -0.668. The zero-order valence-electron chi connectivity index (χ0n) is 16.3. The molecule has 3 rings (SSSR count). The summed E-state index contributed by atoms with van der Waals surface area (Å²) < 4.78 is 7.31. The molecule has 2 amide bonds. The number of carbonyl (C=O) groups excluding carboxylic acids is 2. The van der Waals surface area contributed by atoms with E-state index in [1.165, 1.54) is 4.68 Å². The molecule has 0 aliphatic carbocycles. The van der Waals surface area contributed by atoms with Crippen LogP contribution in [-0.4, -0.2) is 59.3 Å². The van der Waals surface area contributed by atoms with Crippen LogP contribution in [0.3, 0.4) is 0 Å². The maximum Gasteiger partial charge on any atom is 0.269 e. The molecular formula is C20H27N5O3. The molecule has 0 spiro atoms. The number of nitrogens with zero attached hydrogens (tertiary/aromatic N) is 3. The van der Waals surface area contributed by atoms with E-state index in [9.17, 15) is 9.59 Å². The van der Waals surface area contributed by atoms with Crippen LogP contribution in [0, 0.1) is 0 Å². The Morgan fingerprint density at radius 2 is 1.96 bits per heavy atom. The number of primary amides is 2. The topological polar surface area (TPSA) is 116 Å². The molecule has 1 aliphatic rings. The number of benzene rings is 1. The molecule has 2 aromatic rings. The van der Waals surface area contributed by atoms with Gasteiger partial charge >= 0.3 is 0 Å². The second-order valence-electron chi connectivity index (χ2n) is 7.23. The molecule has 1 aliphatic heterocycles. The Hall–Kier alpha value is -2.71. The number of hydrogen-bond donors (Lipinski definition) is 2. The Kier molecular flexibility index (Phi) is 6.11. The SMILES string of the molecule is C[C@@H](c1ccccc1)n1nc(C(N)=O)c(CCC2CN(C)CCO2)c1C(N)=O. The van der Waals surface area contributed by atoms with E-state index >= 15 is 0 Å². The van der Waals surface area contributed by atoms with Gasteiger partial charge < -0.3 is 21.1 Å². The van der Waals surface area contributed by atoms with Gasteiger partial charge in [0.2, 0.25) is 0 Å². The summed E-state index contributed by atoms with van der Waals surface area (Å²) in [5.41, 5.74) is 13.0. The molecule has 4 N–H and O–H groups in total. The first kappa shape index (κ1) is 20.0. The van der Waals surface area contributed by atoms with Crippen LogP contribution in [0.1, 0.15) is 51.5 Å². The molecule has 2 atom stereocenters. The lowest BCUT2D eigenvalue weighted by Crippen LogP contribution is -2.40. The number of hydrogen-bond acceptors (Lipinski definition) is 5. The standard InChI is InChI=1S/C20H27N5O3/c1-13(14-6-4-3-5-7-14)25-18(20(22)27)16(17(23-25)19(21)26)9-8-15-12-24(2)10-11-28-15/h3-7,13,15H,8-12H2,1-2H3,(H2,21,26)(H2,22,27)/t13-,15?/m0/s1. The predicted octanol–water partition coefficient (Wildman–Crippen LogP) is 0.953. The Balaban J connectivity index is 1.94. The lowest BCUT2D eigenvalue weighted by atomic mass is 10.0. The van der Waals surface area contributed by atoms with Gasteiger partial charge in [0.25, 0.3) is 11.8 Å². The van der Waals surface area contributed by atoms with Crippen LogP contribution in [-0.2, 0) is 11.2 Å². The van der Waals surface area contributed by atoms with Gasteiger partial charge in [-0.15, -0.1) is 0 Å². The highest BCUT2D eigenvalue weighted by Gasteiger charge is 2.28. The Labute approximate surface area is 164 Å². The highest BCUT2D eigenvalue weighted by atomic mass is 16.5. The number of amides is 2. The molecule has 1 unspecified atom stereocenters. The molecule has 0 radical (unpaired) electrons. The number of morpholine rings is 1. The van der Waals surface area contributed by atoms with Gasteiger partial charge in [-0.05, 0) is 32.4 Å². The second kappa shape index (κ2) is 8.53. The van der Waals surface area contributed by atoms with Crippen molar-refractivity contribution in [2.45, 2.75) is 31.9 Å². The first-order valence-corrected chi connectivity index (χ1v) is 9.44. The zero-order chi connectivity index (χ0) is 20.3. The van der Waals surface area contributed by atoms with Crippen molar-refractivity contribution in [2.24, 2.45) is 11.5 Å². The van der Waals surface area contributed by atoms with Gasteiger partial charge in [-0.3, -0.25) is 14.3 Å². The van der Waals surface area contributed by atoms with Crippen molar-refractivity contribution < 1.29 is 14.3 Å². The molecule has 8 nitrogen and oxygen atoms in total. The maximum absolute atomic E-state index is 12.3. The fourth-order valence-corrected chi connectivity index (χ4v) is 3.66. The Bertz CT molecular complexity index is 849. The largest absolute Gasteiger partial charge is 0.376 e. The summed E-state index contributed by atoms with van der Waals surface area (Å²) in [6, 6.07) is 9.33. The van der Waals surface area contributed by atoms with Crippen LogP contribution < -0.4 is 11.5 Å². The average molecular weight is 385 g/mol. The van der Waals surface area contributed by atoms with Crippen LogP contribution in [0.15, 0.2) is 30.3 Å². The first-order chi connectivity index (χ1) is 13.4. The van der Waals surface area contributed by atoms with Crippen LogP contribution in [0.4, 0.5) is 0 Å². The normalized spacial score (nSPS) is 18.7. The Morgan fingerprint density at radius 1 is 1.25 bits per heavy atom. The van der Waals surface area contributed by atoms with Gasteiger partial charge in [0, 0.05) is 18.7 Å². The molecule has 0 saturated carbocycles. The van der Waals surface area contributed by atoms with Gasteiger partial charge in [-0.25, -0.2) is 0 Å². The van der Waals surface area contributed by atoms with Gasteiger partial charge in [-0.2, -0.15) is 5.10 Å². The molecule has 1 aromatic carbocycles. The summed E-state index contributed by atoms with van der Waals surface area (Å²) in [6.45, 7) is 4.26. The van der Waals surface area contributed by atoms with Crippen LogP contribution in [0.2, 0.25) is 0 Å². The molecule has 150 valence electrons. The third kappa shape index (κ3) is 4.23. The van der Waals surface area contributed by atoms with Crippen molar-refractivity contribution >= 4 is 11.8 Å².